The molecule has 0 N–H and O–H groups in total. The van der Waals surface area contributed by atoms with Gasteiger partial charge in [0.1, 0.15) is 0 Å². The van der Waals surface area contributed by atoms with Crippen LogP contribution in [0.2, 0.25) is 0 Å². The van der Waals surface area contributed by atoms with Gasteiger partial charge in [0.2, 0.25) is 6.79 Å². The van der Waals surface area contributed by atoms with Gasteiger partial charge in [-0.15, -0.1) is 0 Å². The number of carbonyl (C=O) groups excluding carboxylic acids is 2. The van der Waals surface area contributed by atoms with Crippen LogP contribution < -0.4 is 9.47 Å². The lowest BCUT2D eigenvalue weighted by atomic mass is 9.52. The molecular formula is C23H29NO5. The van der Waals surface area contributed by atoms with E-state index in [9.17, 15) is 9.59 Å². The van der Waals surface area contributed by atoms with E-state index in [1.807, 2.05) is 25.1 Å². The van der Waals surface area contributed by atoms with Crippen molar-refractivity contribution in [1.29, 1.82) is 0 Å². The number of amides is 1. The number of hydrogen-bond donors (Lipinski definition) is 0. The third-order valence-electron chi connectivity index (χ3n) is 7.38. The molecular weight excluding hydrogens is 370 g/mol. The van der Waals surface area contributed by atoms with Crippen LogP contribution in [0, 0.1) is 29.6 Å². The molecule has 4 aliphatic carbocycles. The number of ether oxygens (including phenoxy) is 3. The lowest BCUT2D eigenvalue weighted by Crippen LogP contribution is -2.48. The van der Waals surface area contributed by atoms with Crippen molar-refractivity contribution >= 4 is 11.9 Å². The standard InChI is InChI=1S/C23H29NO5/c1-2-24(11-14-3-4-19-20(10-14)29-13-28-19)21(25)12-27-23(26)22-17-6-15-5-16(8-17)9-18(22)7-15/h3-4,10,15-18,22H,2,5-9,11-13H2,1H3. The summed E-state index contributed by atoms with van der Waals surface area (Å²) in [7, 11) is 0. The molecule has 4 saturated carbocycles. The average molecular weight is 399 g/mol. The topological polar surface area (TPSA) is 65.1 Å². The van der Waals surface area contributed by atoms with Crippen LogP contribution in [0.25, 0.3) is 0 Å². The third kappa shape index (κ3) is 3.58. The van der Waals surface area contributed by atoms with Crippen molar-refractivity contribution in [3.63, 3.8) is 0 Å². The van der Waals surface area contributed by atoms with Gasteiger partial charge >= 0.3 is 5.97 Å². The van der Waals surface area contributed by atoms with Crippen LogP contribution in [0.4, 0.5) is 0 Å². The zero-order valence-electron chi connectivity index (χ0n) is 17.0. The zero-order valence-corrected chi connectivity index (χ0v) is 17.0. The Bertz CT molecular complexity index is 778. The zero-order chi connectivity index (χ0) is 20.0. The molecule has 1 aromatic rings. The first-order chi connectivity index (χ1) is 14.1. The van der Waals surface area contributed by atoms with Gasteiger partial charge in [0, 0.05) is 13.1 Å². The number of carbonyl (C=O) groups is 2. The fourth-order valence-corrected chi connectivity index (χ4v) is 6.27. The molecule has 6 nitrogen and oxygen atoms in total. The van der Waals surface area contributed by atoms with Gasteiger partial charge in [0.05, 0.1) is 5.92 Å². The molecule has 0 atom stereocenters. The van der Waals surface area contributed by atoms with Crippen LogP contribution in [0.3, 0.4) is 0 Å². The summed E-state index contributed by atoms with van der Waals surface area (Å²) in [5, 5.41) is 0. The molecule has 4 fully saturated rings. The van der Waals surface area contributed by atoms with Crippen LogP contribution in [0.1, 0.15) is 44.6 Å². The summed E-state index contributed by atoms with van der Waals surface area (Å²) < 4.78 is 16.3. The number of fused-ring (bicyclic) bond motifs is 1. The molecule has 6 heteroatoms. The Labute approximate surface area is 171 Å². The van der Waals surface area contributed by atoms with Crippen molar-refractivity contribution in [2.24, 2.45) is 29.6 Å². The predicted octanol–water partition coefficient (Wildman–Crippen LogP) is 3.38. The summed E-state index contributed by atoms with van der Waals surface area (Å²) in [6.07, 6.45) is 6.05. The van der Waals surface area contributed by atoms with Gasteiger partial charge < -0.3 is 19.1 Å². The van der Waals surface area contributed by atoms with E-state index in [1.165, 1.54) is 32.1 Å². The van der Waals surface area contributed by atoms with Gasteiger partial charge in [-0.05, 0) is 80.4 Å². The minimum atomic E-state index is -0.167. The Balaban J connectivity index is 1.17. The summed E-state index contributed by atoms with van der Waals surface area (Å²) in [4.78, 5) is 27.2. The molecule has 0 saturated heterocycles. The van der Waals surface area contributed by atoms with Crippen molar-refractivity contribution in [3.05, 3.63) is 23.8 Å². The molecule has 1 aliphatic heterocycles. The van der Waals surface area contributed by atoms with Crippen LogP contribution in [0.15, 0.2) is 18.2 Å². The maximum absolute atomic E-state index is 12.8. The third-order valence-corrected chi connectivity index (χ3v) is 7.38. The van der Waals surface area contributed by atoms with Gasteiger partial charge in [0.15, 0.2) is 18.1 Å². The SMILES string of the molecule is CCN(Cc1ccc2c(c1)OCO2)C(=O)COC(=O)C1C2CC3CC(C2)CC1C3. The first-order valence-electron chi connectivity index (χ1n) is 10.9. The highest BCUT2D eigenvalue weighted by molar-refractivity contribution is 5.81. The molecule has 1 aromatic carbocycles. The number of hydrogen-bond acceptors (Lipinski definition) is 5. The van der Waals surface area contributed by atoms with E-state index in [2.05, 4.69) is 0 Å². The van der Waals surface area contributed by atoms with Gasteiger partial charge in [-0.3, -0.25) is 9.59 Å². The second-order valence-corrected chi connectivity index (χ2v) is 9.16. The van der Waals surface area contributed by atoms with Crippen molar-refractivity contribution in [3.8, 4) is 11.5 Å². The monoisotopic (exact) mass is 399 g/mol. The molecule has 156 valence electrons. The number of nitrogens with zero attached hydrogens (tertiary/aromatic N) is 1. The minimum absolute atomic E-state index is 0.0135. The average Bonchev–Trinajstić information content (AvgIpc) is 3.17. The van der Waals surface area contributed by atoms with Crippen LogP contribution >= 0.6 is 0 Å². The fraction of sp³-hybridized carbons (Fsp3) is 0.652. The van der Waals surface area contributed by atoms with Crippen molar-refractivity contribution in [2.75, 3.05) is 19.9 Å². The van der Waals surface area contributed by atoms with E-state index >= 15 is 0 Å². The summed E-state index contributed by atoms with van der Waals surface area (Å²) >= 11 is 0. The molecule has 1 amide bonds. The smallest absolute Gasteiger partial charge is 0.310 e. The van der Waals surface area contributed by atoms with Crippen molar-refractivity contribution < 1.29 is 23.8 Å². The number of esters is 1. The Morgan fingerprint density at radius 1 is 1.03 bits per heavy atom. The van der Waals surface area contributed by atoms with E-state index in [-0.39, 0.29) is 31.2 Å². The predicted molar refractivity (Wildman–Crippen MR) is 105 cm³/mol. The molecule has 29 heavy (non-hydrogen) atoms. The van der Waals surface area contributed by atoms with E-state index < -0.39 is 0 Å². The molecule has 6 rings (SSSR count). The van der Waals surface area contributed by atoms with Crippen LogP contribution in [-0.2, 0) is 20.9 Å². The maximum Gasteiger partial charge on any atom is 0.310 e. The lowest BCUT2D eigenvalue weighted by Gasteiger charge is -2.53. The van der Waals surface area contributed by atoms with Crippen molar-refractivity contribution in [1.82, 2.24) is 4.90 Å². The fourth-order valence-electron chi connectivity index (χ4n) is 6.27. The quantitative estimate of drug-likeness (QED) is 0.686. The molecule has 5 aliphatic rings. The Morgan fingerprint density at radius 3 is 2.41 bits per heavy atom. The van der Waals surface area contributed by atoms with Gasteiger partial charge in [-0.2, -0.15) is 0 Å². The highest BCUT2D eigenvalue weighted by Gasteiger charge is 2.51. The molecule has 4 bridgehead atoms. The van der Waals surface area contributed by atoms with E-state index in [4.69, 9.17) is 14.2 Å². The second-order valence-electron chi connectivity index (χ2n) is 9.16. The Kier molecular flexibility index (Phi) is 4.88. The Morgan fingerprint density at radius 2 is 1.72 bits per heavy atom. The number of benzene rings is 1. The lowest BCUT2D eigenvalue weighted by molar-refractivity contribution is -0.166. The normalized spacial score (nSPS) is 31.0. The summed E-state index contributed by atoms with van der Waals surface area (Å²) in [6, 6.07) is 5.70. The molecule has 0 spiro atoms. The molecule has 0 unspecified atom stereocenters. The first-order valence-corrected chi connectivity index (χ1v) is 10.9. The highest BCUT2D eigenvalue weighted by atomic mass is 16.7. The van der Waals surface area contributed by atoms with E-state index in [0.29, 0.717) is 30.7 Å². The number of rotatable bonds is 6. The summed E-state index contributed by atoms with van der Waals surface area (Å²) in [5.41, 5.74) is 0.969. The number of likely N-dealkylation sites (N-methyl/N-ethyl adjacent to an activating group) is 1. The van der Waals surface area contributed by atoms with Gasteiger partial charge in [-0.1, -0.05) is 6.07 Å². The van der Waals surface area contributed by atoms with E-state index in [1.54, 1.807) is 4.90 Å². The Hall–Kier alpha value is -2.24. The summed E-state index contributed by atoms with van der Waals surface area (Å²) in [5.74, 6) is 3.75. The van der Waals surface area contributed by atoms with Gasteiger partial charge in [0.25, 0.3) is 5.91 Å². The summed E-state index contributed by atoms with van der Waals surface area (Å²) in [6.45, 7) is 3.02. The van der Waals surface area contributed by atoms with Crippen molar-refractivity contribution in [2.45, 2.75) is 45.6 Å². The molecule has 0 radical (unpaired) electrons. The highest BCUT2D eigenvalue weighted by Crippen LogP contribution is 2.56. The van der Waals surface area contributed by atoms with E-state index in [0.717, 1.165) is 23.1 Å². The first kappa shape index (κ1) is 18.8. The van der Waals surface area contributed by atoms with Crippen LogP contribution in [0.5, 0.6) is 11.5 Å². The molecule has 1 heterocycles. The molecule has 0 aromatic heterocycles. The second kappa shape index (κ2) is 7.54. The van der Waals surface area contributed by atoms with Crippen LogP contribution in [-0.4, -0.2) is 36.7 Å². The minimum Gasteiger partial charge on any atom is -0.455 e. The van der Waals surface area contributed by atoms with Gasteiger partial charge in [-0.25, -0.2) is 0 Å². The largest absolute Gasteiger partial charge is 0.455 e. The maximum atomic E-state index is 12.8.